The lowest BCUT2D eigenvalue weighted by atomic mass is 10.0. The summed E-state index contributed by atoms with van der Waals surface area (Å²) in [6, 6.07) is 19.0. The van der Waals surface area contributed by atoms with Crippen LogP contribution in [-0.2, 0) is 0 Å². The van der Waals surface area contributed by atoms with Crippen LogP contribution in [0.2, 0.25) is 0 Å². The minimum absolute atomic E-state index is 0.185. The number of carbonyl (C=O) groups excluding carboxylic acids is 2. The molecule has 0 saturated carbocycles. The molecule has 28 heavy (non-hydrogen) atoms. The van der Waals surface area contributed by atoms with Crippen LogP contribution in [-0.4, -0.2) is 25.9 Å². The summed E-state index contributed by atoms with van der Waals surface area (Å²) in [6.45, 7) is 0. The van der Waals surface area contributed by atoms with E-state index in [0.29, 0.717) is 33.9 Å². The lowest BCUT2D eigenvalue weighted by Crippen LogP contribution is -2.16. The van der Waals surface area contributed by atoms with Gasteiger partial charge in [0.1, 0.15) is 11.5 Å². The first kappa shape index (κ1) is 19.6. The molecule has 0 saturated heterocycles. The number of halogens is 1. The molecule has 0 heterocycles. The van der Waals surface area contributed by atoms with E-state index in [2.05, 4.69) is 21.2 Å². The lowest BCUT2D eigenvalue weighted by molar-refractivity contribution is 0.102. The van der Waals surface area contributed by atoms with E-state index in [0.717, 1.165) is 4.47 Å². The first-order chi connectivity index (χ1) is 13.5. The highest BCUT2D eigenvalue weighted by Crippen LogP contribution is 2.28. The number of ketones is 1. The van der Waals surface area contributed by atoms with E-state index in [1.54, 1.807) is 60.7 Å². The standard InChI is InChI=1S/C22H18BrNO4/c1-27-16-9-11-20(28-2)18(13-16)22(26)24-19-10-8-15(23)12-17(19)21(25)14-6-4-3-5-7-14/h3-13H,1-2H3,(H,24,26). The van der Waals surface area contributed by atoms with Gasteiger partial charge in [0, 0.05) is 15.6 Å². The second kappa shape index (κ2) is 8.71. The topological polar surface area (TPSA) is 64.6 Å². The van der Waals surface area contributed by atoms with Crippen LogP contribution in [0.5, 0.6) is 11.5 Å². The number of ether oxygens (including phenoxy) is 2. The molecule has 0 aliphatic carbocycles. The summed E-state index contributed by atoms with van der Waals surface area (Å²) < 4.78 is 11.2. The smallest absolute Gasteiger partial charge is 0.259 e. The van der Waals surface area contributed by atoms with Crippen LogP contribution in [0.25, 0.3) is 0 Å². The SMILES string of the molecule is COc1ccc(OC)c(C(=O)Nc2ccc(Br)cc2C(=O)c2ccccc2)c1. The summed E-state index contributed by atoms with van der Waals surface area (Å²) in [4.78, 5) is 25.8. The zero-order valence-corrected chi connectivity index (χ0v) is 16.9. The minimum atomic E-state index is -0.403. The van der Waals surface area contributed by atoms with Crippen molar-refractivity contribution in [3.8, 4) is 11.5 Å². The van der Waals surface area contributed by atoms with E-state index in [9.17, 15) is 9.59 Å². The Morgan fingerprint density at radius 3 is 2.29 bits per heavy atom. The first-order valence-electron chi connectivity index (χ1n) is 8.46. The largest absolute Gasteiger partial charge is 0.497 e. The van der Waals surface area contributed by atoms with Gasteiger partial charge in [0.05, 0.1) is 25.5 Å². The van der Waals surface area contributed by atoms with Gasteiger partial charge >= 0.3 is 0 Å². The first-order valence-corrected chi connectivity index (χ1v) is 9.25. The Labute approximate surface area is 171 Å². The van der Waals surface area contributed by atoms with Gasteiger partial charge in [0.15, 0.2) is 5.78 Å². The highest BCUT2D eigenvalue weighted by atomic mass is 79.9. The van der Waals surface area contributed by atoms with Gasteiger partial charge in [-0.2, -0.15) is 0 Å². The average molecular weight is 440 g/mol. The van der Waals surface area contributed by atoms with Gasteiger partial charge in [-0.05, 0) is 36.4 Å². The maximum absolute atomic E-state index is 12.9. The van der Waals surface area contributed by atoms with Crippen LogP contribution in [0, 0.1) is 0 Å². The number of hydrogen-bond acceptors (Lipinski definition) is 4. The molecule has 3 aromatic rings. The van der Waals surface area contributed by atoms with Gasteiger partial charge in [0.2, 0.25) is 0 Å². The maximum atomic E-state index is 12.9. The second-order valence-corrected chi connectivity index (χ2v) is 6.82. The fourth-order valence-electron chi connectivity index (χ4n) is 2.74. The number of rotatable bonds is 6. The van der Waals surface area contributed by atoms with E-state index < -0.39 is 5.91 Å². The van der Waals surface area contributed by atoms with Crippen molar-refractivity contribution >= 4 is 33.3 Å². The number of hydrogen-bond donors (Lipinski definition) is 1. The molecule has 1 amide bonds. The van der Waals surface area contributed by atoms with Gasteiger partial charge in [-0.15, -0.1) is 0 Å². The van der Waals surface area contributed by atoms with Crippen molar-refractivity contribution in [3.63, 3.8) is 0 Å². The van der Waals surface area contributed by atoms with Crippen molar-refractivity contribution in [1.82, 2.24) is 0 Å². The van der Waals surface area contributed by atoms with Crippen LogP contribution >= 0.6 is 15.9 Å². The number of amides is 1. The molecular weight excluding hydrogens is 422 g/mol. The summed E-state index contributed by atoms with van der Waals surface area (Å²) >= 11 is 3.39. The van der Waals surface area contributed by atoms with Crippen molar-refractivity contribution in [2.45, 2.75) is 0 Å². The number of benzene rings is 3. The summed E-state index contributed by atoms with van der Waals surface area (Å²) in [5.41, 5.74) is 1.64. The summed E-state index contributed by atoms with van der Waals surface area (Å²) in [5.74, 6) is 0.351. The van der Waals surface area contributed by atoms with Crippen LogP contribution in [0.1, 0.15) is 26.3 Å². The molecule has 0 bridgehead atoms. The normalized spacial score (nSPS) is 10.2. The monoisotopic (exact) mass is 439 g/mol. The molecule has 0 fully saturated rings. The van der Waals surface area contributed by atoms with Gasteiger partial charge in [-0.1, -0.05) is 46.3 Å². The molecule has 0 aliphatic rings. The van der Waals surface area contributed by atoms with Gasteiger partial charge in [-0.3, -0.25) is 9.59 Å². The zero-order chi connectivity index (χ0) is 20.1. The number of carbonyl (C=O) groups is 2. The van der Waals surface area contributed by atoms with E-state index in [4.69, 9.17) is 9.47 Å². The lowest BCUT2D eigenvalue weighted by Gasteiger charge is -2.14. The quantitative estimate of drug-likeness (QED) is 0.551. The molecule has 142 valence electrons. The van der Waals surface area contributed by atoms with Gasteiger partial charge < -0.3 is 14.8 Å². The Balaban J connectivity index is 1.97. The van der Waals surface area contributed by atoms with E-state index in [-0.39, 0.29) is 5.78 Å². The van der Waals surface area contributed by atoms with Crippen LogP contribution in [0.4, 0.5) is 5.69 Å². The predicted molar refractivity (Wildman–Crippen MR) is 112 cm³/mol. The highest BCUT2D eigenvalue weighted by Gasteiger charge is 2.19. The number of methoxy groups -OCH3 is 2. The molecule has 5 nitrogen and oxygen atoms in total. The summed E-state index contributed by atoms with van der Waals surface area (Å²) in [5, 5.41) is 2.81. The van der Waals surface area contributed by atoms with E-state index in [1.807, 2.05) is 6.07 Å². The molecule has 1 N–H and O–H groups in total. The molecule has 0 atom stereocenters. The summed E-state index contributed by atoms with van der Waals surface area (Å²) in [6.07, 6.45) is 0. The Morgan fingerprint density at radius 1 is 0.857 bits per heavy atom. The third-order valence-electron chi connectivity index (χ3n) is 4.16. The fourth-order valence-corrected chi connectivity index (χ4v) is 3.10. The van der Waals surface area contributed by atoms with E-state index >= 15 is 0 Å². The highest BCUT2D eigenvalue weighted by molar-refractivity contribution is 9.10. The number of nitrogens with one attached hydrogen (secondary N) is 1. The number of anilines is 1. The Morgan fingerprint density at radius 2 is 1.61 bits per heavy atom. The maximum Gasteiger partial charge on any atom is 0.259 e. The third-order valence-corrected chi connectivity index (χ3v) is 4.65. The molecule has 0 aromatic heterocycles. The van der Waals surface area contributed by atoms with Crippen molar-refractivity contribution in [3.05, 3.63) is 87.9 Å². The minimum Gasteiger partial charge on any atom is -0.497 e. The van der Waals surface area contributed by atoms with Crippen molar-refractivity contribution < 1.29 is 19.1 Å². The Kier molecular flexibility index (Phi) is 6.11. The third kappa shape index (κ3) is 4.23. The second-order valence-electron chi connectivity index (χ2n) is 5.91. The Bertz CT molecular complexity index is 1020. The van der Waals surface area contributed by atoms with Crippen LogP contribution < -0.4 is 14.8 Å². The van der Waals surface area contributed by atoms with E-state index in [1.165, 1.54) is 14.2 Å². The fraction of sp³-hybridized carbons (Fsp3) is 0.0909. The zero-order valence-electron chi connectivity index (χ0n) is 15.4. The van der Waals surface area contributed by atoms with Crippen LogP contribution in [0.15, 0.2) is 71.2 Å². The molecule has 3 rings (SSSR count). The Hall–Kier alpha value is -3.12. The molecule has 3 aromatic carbocycles. The van der Waals surface area contributed by atoms with Crippen molar-refractivity contribution in [2.24, 2.45) is 0 Å². The van der Waals surface area contributed by atoms with Gasteiger partial charge in [-0.25, -0.2) is 0 Å². The summed E-state index contributed by atoms with van der Waals surface area (Å²) in [7, 11) is 3.01. The predicted octanol–water partition coefficient (Wildman–Crippen LogP) is 4.95. The molecule has 0 unspecified atom stereocenters. The van der Waals surface area contributed by atoms with Crippen molar-refractivity contribution in [2.75, 3.05) is 19.5 Å². The average Bonchev–Trinajstić information content (AvgIpc) is 2.74. The molecular formula is C22H18BrNO4. The molecule has 0 spiro atoms. The van der Waals surface area contributed by atoms with Gasteiger partial charge in [0.25, 0.3) is 5.91 Å². The van der Waals surface area contributed by atoms with Crippen LogP contribution in [0.3, 0.4) is 0 Å². The van der Waals surface area contributed by atoms with Crippen molar-refractivity contribution in [1.29, 1.82) is 0 Å². The molecule has 0 radical (unpaired) electrons. The molecule has 6 heteroatoms. The molecule has 0 aliphatic heterocycles.